The van der Waals surface area contributed by atoms with Crippen molar-refractivity contribution in [2.75, 3.05) is 19.0 Å². The van der Waals surface area contributed by atoms with Crippen LogP contribution in [0.5, 0.6) is 0 Å². The summed E-state index contributed by atoms with van der Waals surface area (Å²) in [6.07, 6.45) is 2.78. The molecular formula is C13H16ClN3O2S2. The monoisotopic (exact) mass is 345 g/mol. The standard InChI is InChI=1S/C13H16ClN3O2S2/c14-7-6-10-3-2-8-17(9-10)21(18,19)12-5-1-4-11-13(12)16-20-15-11/h1,4-5,10H,2-3,6-9H2. The molecule has 0 aliphatic carbocycles. The van der Waals surface area contributed by atoms with E-state index in [1.807, 2.05) is 0 Å². The molecular weight excluding hydrogens is 330 g/mol. The van der Waals surface area contributed by atoms with E-state index in [4.69, 9.17) is 11.6 Å². The van der Waals surface area contributed by atoms with Crippen LogP contribution in [0, 0.1) is 5.92 Å². The molecule has 5 nitrogen and oxygen atoms in total. The summed E-state index contributed by atoms with van der Waals surface area (Å²) in [5.74, 6) is 0.920. The third-order valence-corrected chi connectivity index (χ3v) is 6.52. The molecule has 1 aliphatic heterocycles. The van der Waals surface area contributed by atoms with Gasteiger partial charge >= 0.3 is 0 Å². The van der Waals surface area contributed by atoms with Crippen LogP contribution in [0.4, 0.5) is 0 Å². The smallest absolute Gasteiger partial charge is 0.207 e. The van der Waals surface area contributed by atoms with E-state index in [9.17, 15) is 8.42 Å². The molecule has 1 fully saturated rings. The zero-order valence-corrected chi connectivity index (χ0v) is 13.8. The Hall–Kier alpha value is -0.760. The molecule has 1 aromatic heterocycles. The van der Waals surface area contributed by atoms with E-state index in [-0.39, 0.29) is 4.90 Å². The summed E-state index contributed by atoms with van der Waals surface area (Å²) in [6.45, 7) is 1.11. The molecule has 0 amide bonds. The summed E-state index contributed by atoms with van der Waals surface area (Å²) in [5.41, 5.74) is 1.11. The molecule has 3 rings (SSSR count). The van der Waals surface area contributed by atoms with E-state index < -0.39 is 10.0 Å². The topological polar surface area (TPSA) is 63.2 Å². The van der Waals surface area contributed by atoms with Gasteiger partial charge in [0.2, 0.25) is 10.0 Å². The van der Waals surface area contributed by atoms with E-state index >= 15 is 0 Å². The highest BCUT2D eigenvalue weighted by molar-refractivity contribution is 7.89. The fourth-order valence-corrected chi connectivity index (χ4v) is 5.38. The molecule has 0 saturated carbocycles. The summed E-state index contributed by atoms with van der Waals surface area (Å²) in [4.78, 5) is 0.264. The first-order valence-electron chi connectivity index (χ1n) is 6.90. The first-order chi connectivity index (χ1) is 10.1. The minimum absolute atomic E-state index is 0.264. The van der Waals surface area contributed by atoms with Crippen molar-refractivity contribution < 1.29 is 8.42 Å². The van der Waals surface area contributed by atoms with Gasteiger partial charge in [0.15, 0.2) is 0 Å². The lowest BCUT2D eigenvalue weighted by molar-refractivity contribution is 0.262. The second-order valence-corrected chi connectivity index (χ2v) is 8.05. The van der Waals surface area contributed by atoms with Crippen molar-refractivity contribution in [1.29, 1.82) is 0 Å². The van der Waals surface area contributed by atoms with Gasteiger partial charge in [0.25, 0.3) is 0 Å². The zero-order valence-electron chi connectivity index (χ0n) is 11.4. The Kier molecular flexibility index (Phi) is 4.44. The van der Waals surface area contributed by atoms with Gasteiger partial charge in [-0.05, 0) is 37.3 Å². The van der Waals surface area contributed by atoms with E-state index in [1.165, 1.54) is 0 Å². The first kappa shape index (κ1) is 15.1. The highest BCUT2D eigenvalue weighted by atomic mass is 35.5. The quantitative estimate of drug-likeness (QED) is 0.799. The summed E-state index contributed by atoms with van der Waals surface area (Å²) in [5, 5.41) is 0. The number of sulfonamides is 1. The van der Waals surface area contributed by atoms with Crippen molar-refractivity contribution in [2.45, 2.75) is 24.2 Å². The van der Waals surface area contributed by atoms with Crippen molar-refractivity contribution in [2.24, 2.45) is 5.92 Å². The molecule has 0 N–H and O–H groups in total. The van der Waals surface area contributed by atoms with Gasteiger partial charge in [-0.1, -0.05) is 6.07 Å². The number of hydrogen-bond acceptors (Lipinski definition) is 5. The van der Waals surface area contributed by atoms with Crippen molar-refractivity contribution in [1.82, 2.24) is 13.1 Å². The average Bonchev–Trinajstić information content (AvgIpc) is 2.96. The number of aromatic nitrogens is 2. The van der Waals surface area contributed by atoms with Crippen LogP contribution in [-0.4, -0.2) is 40.4 Å². The molecule has 1 aliphatic rings. The van der Waals surface area contributed by atoms with Gasteiger partial charge in [-0.3, -0.25) is 0 Å². The Morgan fingerprint density at radius 3 is 3.05 bits per heavy atom. The van der Waals surface area contributed by atoms with Crippen molar-refractivity contribution >= 4 is 44.4 Å². The van der Waals surface area contributed by atoms with E-state index in [0.717, 1.165) is 31.0 Å². The van der Waals surface area contributed by atoms with Crippen molar-refractivity contribution in [3.05, 3.63) is 18.2 Å². The summed E-state index contributed by atoms with van der Waals surface area (Å²) >= 11 is 6.83. The van der Waals surface area contributed by atoms with Gasteiger partial charge in [0.05, 0.1) is 11.7 Å². The Labute approximate surface area is 133 Å². The third kappa shape index (κ3) is 2.92. The van der Waals surface area contributed by atoms with Gasteiger partial charge < -0.3 is 0 Å². The number of alkyl halides is 1. The Morgan fingerprint density at radius 2 is 2.24 bits per heavy atom. The van der Waals surface area contributed by atoms with Gasteiger partial charge in [-0.15, -0.1) is 11.6 Å². The molecule has 1 atom stereocenters. The normalized spacial score (nSPS) is 20.9. The number of nitrogens with zero attached hydrogens (tertiary/aromatic N) is 3. The lowest BCUT2D eigenvalue weighted by Crippen LogP contribution is -2.40. The van der Waals surface area contributed by atoms with Crippen LogP contribution in [0.2, 0.25) is 0 Å². The second kappa shape index (κ2) is 6.16. The van der Waals surface area contributed by atoms with Crippen LogP contribution in [0.25, 0.3) is 11.0 Å². The third-order valence-electron chi connectivity index (χ3n) is 3.87. The highest BCUT2D eigenvalue weighted by Gasteiger charge is 2.31. The Morgan fingerprint density at radius 1 is 1.38 bits per heavy atom. The molecule has 1 aromatic carbocycles. The lowest BCUT2D eigenvalue weighted by atomic mass is 9.97. The number of fused-ring (bicyclic) bond motifs is 1. The fraction of sp³-hybridized carbons (Fsp3) is 0.538. The number of piperidine rings is 1. The van der Waals surface area contributed by atoms with Gasteiger partial charge in [0.1, 0.15) is 15.9 Å². The second-order valence-electron chi connectivity index (χ2n) is 5.24. The molecule has 1 unspecified atom stereocenters. The van der Waals surface area contributed by atoms with Crippen molar-refractivity contribution in [3.8, 4) is 0 Å². The van der Waals surface area contributed by atoms with Crippen LogP contribution in [-0.2, 0) is 10.0 Å². The van der Waals surface area contributed by atoms with Crippen LogP contribution in [0.1, 0.15) is 19.3 Å². The molecule has 2 heterocycles. The number of rotatable bonds is 4. The Balaban J connectivity index is 1.94. The van der Waals surface area contributed by atoms with Crippen LogP contribution < -0.4 is 0 Å². The predicted octanol–water partition coefficient (Wildman–Crippen LogP) is 2.72. The van der Waals surface area contributed by atoms with Crippen LogP contribution >= 0.6 is 23.3 Å². The predicted molar refractivity (Wildman–Crippen MR) is 84.2 cm³/mol. The maximum Gasteiger partial charge on any atom is 0.245 e. The zero-order chi connectivity index (χ0) is 14.9. The minimum atomic E-state index is -3.52. The summed E-state index contributed by atoms with van der Waals surface area (Å²) in [6, 6.07) is 5.12. The van der Waals surface area contributed by atoms with Crippen molar-refractivity contribution in [3.63, 3.8) is 0 Å². The average molecular weight is 346 g/mol. The molecule has 21 heavy (non-hydrogen) atoms. The maximum atomic E-state index is 12.9. The molecule has 8 heteroatoms. The highest BCUT2D eigenvalue weighted by Crippen LogP contribution is 2.29. The minimum Gasteiger partial charge on any atom is -0.207 e. The summed E-state index contributed by atoms with van der Waals surface area (Å²) in [7, 11) is -3.52. The van der Waals surface area contributed by atoms with Gasteiger partial charge in [-0.25, -0.2) is 8.42 Å². The van der Waals surface area contributed by atoms with E-state index in [2.05, 4.69) is 8.75 Å². The van der Waals surface area contributed by atoms with Gasteiger partial charge in [-0.2, -0.15) is 13.1 Å². The maximum absolute atomic E-state index is 12.9. The van der Waals surface area contributed by atoms with Crippen LogP contribution in [0.15, 0.2) is 23.1 Å². The molecule has 2 aromatic rings. The molecule has 0 radical (unpaired) electrons. The lowest BCUT2D eigenvalue weighted by Gasteiger charge is -2.31. The SMILES string of the molecule is O=S(=O)(c1cccc2nsnc12)N1CCCC(CCCl)C1. The molecule has 0 bridgehead atoms. The largest absolute Gasteiger partial charge is 0.245 e. The molecule has 1 saturated heterocycles. The summed E-state index contributed by atoms with van der Waals surface area (Å²) < 4.78 is 35.6. The van der Waals surface area contributed by atoms with E-state index in [0.29, 0.717) is 35.9 Å². The van der Waals surface area contributed by atoms with Gasteiger partial charge in [0, 0.05) is 19.0 Å². The van der Waals surface area contributed by atoms with E-state index in [1.54, 1.807) is 22.5 Å². The number of hydrogen-bond donors (Lipinski definition) is 0. The molecule has 114 valence electrons. The van der Waals surface area contributed by atoms with Crippen LogP contribution in [0.3, 0.4) is 0 Å². The Bertz CT molecular complexity index is 730. The number of halogens is 1. The number of benzene rings is 1. The first-order valence-corrected chi connectivity index (χ1v) is 9.61. The molecule has 0 spiro atoms. The fourth-order valence-electron chi connectivity index (χ4n) is 2.76.